The van der Waals surface area contributed by atoms with Crippen molar-refractivity contribution in [2.24, 2.45) is 0 Å². The standard InChI is InChI=1S/C23H20N2/c1-2-8-19(9-3-1)17-25(22-13-7-15-24-16-22)18-21-12-6-11-20-10-4-5-14-23(20)21/h1-16H,17-18H2. The van der Waals surface area contributed by atoms with Crippen molar-refractivity contribution in [1.82, 2.24) is 4.98 Å². The highest BCUT2D eigenvalue weighted by Gasteiger charge is 2.10. The van der Waals surface area contributed by atoms with Crippen LogP contribution in [0.5, 0.6) is 0 Å². The molecule has 0 aliphatic carbocycles. The number of fused-ring (bicyclic) bond motifs is 1. The number of hydrogen-bond acceptors (Lipinski definition) is 2. The molecule has 4 aromatic rings. The molecule has 0 saturated carbocycles. The molecule has 0 aliphatic heterocycles. The molecule has 4 rings (SSSR count). The summed E-state index contributed by atoms with van der Waals surface area (Å²) in [6.45, 7) is 1.71. The molecule has 1 aromatic heterocycles. The van der Waals surface area contributed by atoms with Gasteiger partial charge in [-0.25, -0.2) is 0 Å². The summed E-state index contributed by atoms with van der Waals surface area (Å²) in [6.07, 6.45) is 3.76. The Labute approximate surface area is 148 Å². The number of nitrogens with zero attached hydrogens (tertiary/aromatic N) is 2. The van der Waals surface area contributed by atoms with Crippen LogP contribution in [0.4, 0.5) is 5.69 Å². The molecule has 0 unspecified atom stereocenters. The summed E-state index contributed by atoms with van der Waals surface area (Å²) in [4.78, 5) is 6.69. The average Bonchev–Trinajstić information content (AvgIpc) is 2.69. The largest absolute Gasteiger partial charge is 0.362 e. The molecule has 0 spiro atoms. The normalized spacial score (nSPS) is 10.7. The lowest BCUT2D eigenvalue weighted by atomic mass is 10.0. The van der Waals surface area contributed by atoms with Crippen molar-refractivity contribution in [3.8, 4) is 0 Å². The molecule has 0 N–H and O–H groups in total. The summed E-state index contributed by atoms with van der Waals surface area (Å²) in [5.41, 5.74) is 3.77. The number of hydrogen-bond donors (Lipinski definition) is 0. The maximum absolute atomic E-state index is 4.31. The van der Waals surface area contributed by atoms with Gasteiger partial charge >= 0.3 is 0 Å². The first-order chi connectivity index (χ1) is 12.4. The van der Waals surface area contributed by atoms with Crippen LogP contribution in [0.15, 0.2) is 97.3 Å². The van der Waals surface area contributed by atoms with Gasteiger partial charge in [0.05, 0.1) is 11.9 Å². The van der Waals surface area contributed by atoms with Crippen molar-refractivity contribution >= 4 is 16.5 Å². The molecule has 2 heteroatoms. The first-order valence-corrected chi connectivity index (χ1v) is 8.56. The topological polar surface area (TPSA) is 16.1 Å². The lowest BCUT2D eigenvalue weighted by Crippen LogP contribution is -2.22. The number of pyridine rings is 1. The Bertz CT molecular complexity index is 944. The van der Waals surface area contributed by atoms with Crippen LogP contribution in [0, 0.1) is 0 Å². The van der Waals surface area contributed by atoms with E-state index in [2.05, 4.69) is 88.7 Å². The molecule has 0 bridgehead atoms. The Kier molecular flexibility index (Phi) is 4.42. The second-order valence-electron chi connectivity index (χ2n) is 6.19. The Morgan fingerprint density at radius 2 is 1.48 bits per heavy atom. The minimum Gasteiger partial charge on any atom is -0.362 e. The Morgan fingerprint density at radius 3 is 2.32 bits per heavy atom. The van der Waals surface area contributed by atoms with E-state index in [4.69, 9.17) is 0 Å². The van der Waals surface area contributed by atoms with Gasteiger partial charge in [0.25, 0.3) is 0 Å². The average molecular weight is 324 g/mol. The van der Waals surface area contributed by atoms with Gasteiger partial charge in [0.2, 0.25) is 0 Å². The lowest BCUT2D eigenvalue weighted by molar-refractivity contribution is 0.801. The molecule has 0 fully saturated rings. The molecule has 0 aliphatic rings. The molecule has 0 radical (unpaired) electrons. The summed E-state index contributed by atoms with van der Waals surface area (Å²) >= 11 is 0. The highest BCUT2D eigenvalue weighted by atomic mass is 15.1. The quantitative estimate of drug-likeness (QED) is 0.486. The van der Waals surface area contributed by atoms with E-state index in [0.717, 1.165) is 18.8 Å². The van der Waals surface area contributed by atoms with Gasteiger partial charge in [0.15, 0.2) is 0 Å². The van der Waals surface area contributed by atoms with E-state index in [0.29, 0.717) is 0 Å². The molecule has 2 nitrogen and oxygen atoms in total. The number of anilines is 1. The lowest BCUT2D eigenvalue weighted by Gasteiger charge is -2.25. The summed E-state index contributed by atoms with van der Waals surface area (Å²) < 4.78 is 0. The second kappa shape index (κ2) is 7.18. The molecule has 0 saturated heterocycles. The highest BCUT2D eigenvalue weighted by molar-refractivity contribution is 5.85. The zero-order valence-corrected chi connectivity index (χ0v) is 14.0. The van der Waals surface area contributed by atoms with Crippen LogP contribution in [0.2, 0.25) is 0 Å². The predicted octanol–water partition coefficient (Wildman–Crippen LogP) is 5.44. The van der Waals surface area contributed by atoms with Gasteiger partial charge in [-0.1, -0.05) is 72.8 Å². The molecule has 0 amide bonds. The van der Waals surface area contributed by atoms with E-state index in [1.807, 2.05) is 18.5 Å². The van der Waals surface area contributed by atoms with Crippen LogP contribution >= 0.6 is 0 Å². The van der Waals surface area contributed by atoms with Crippen molar-refractivity contribution < 1.29 is 0 Å². The van der Waals surface area contributed by atoms with Crippen molar-refractivity contribution in [2.75, 3.05) is 4.90 Å². The van der Waals surface area contributed by atoms with Gasteiger partial charge in [0, 0.05) is 19.3 Å². The SMILES string of the molecule is c1ccc(CN(Cc2cccc3ccccc23)c2cccnc2)cc1. The zero-order chi connectivity index (χ0) is 16.9. The maximum atomic E-state index is 4.31. The second-order valence-corrected chi connectivity index (χ2v) is 6.19. The van der Waals surface area contributed by atoms with E-state index in [-0.39, 0.29) is 0 Å². The van der Waals surface area contributed by atoms with Crippen molar-refractivity contribution in [3.05, 3.63) is 108 Å². The smallest absolute Gasteiger partial charge is 0.0558 e. The Hall–Kier alpha value is -3.13. The minimum atomic E-state index is 0.849. The van der Waals surface area contributed by atoms with Crippen LogP contribution in [0.3, 0.4) is 0 Å². The van der Waals surface area contributed by atoms with Gasteiger partial charge in [0.1, 0.15) is 0 Å². The van der Waals surface area contributed by atoms with Crippen LogP contribution in [-0.4, -0.2) is 4.98 Å². The van der Waals surface area contributed by atoms with E-state index in [9.17, 15) is 0 Å². The van der Waals surface area contributed by atoms with Gasteiger partial charge in [-0.2, -0.15) is 0 Å². The molecule has 25 heavy (non-hydrogen) atoms. The van der Waals surface area contributed by atoms with Gasteiger partial charge in [-0.3, -0.25) is 4.98 Å². The zero-order valence-electron chi connectivity index (χ0n) is 14.0. The predicted molar refractivity (Wildman–Crippen MR) is 105 cm³/mol. The van der Waals surface area contributed by atoms with Crippen LogP contribution in [0.1, 0.15) is 11.1 Å². The van der Waals surface area contributed by atoms with Gasteiger partial charge in [-0.15, -0.1) is 0 Å². The third-order valence-corrected chi connectivity index (χ3v) is 4.47. The van der Waals surface area contributed by atoms with E-state index in [1.54, 1.807) is 0 Å². The van der Waals surface area contributed by atoms with Crippen LogP contribution in [0.25, 0.3) is 10.8 Å². The molecular weight excluding hydrogens is 304 g/mol. The molecule has 122 valence electrons. The fourth-order valence-corrected chi connectivity index (χ4v) is 3.22. The fourth-order valence-electron chi connectivity index (χ4n) is 3.22. The number of benzene rings is 3. The van der Waals surface area contributed by atoms with E-state index < -0.39 is 0 Å². The highest BCUT2D eigenvalue weighted by Crippen LogP contribution is 2.24. The van der Waals surface area contributed by atoms with Crippen LogP contribution < -0.4 is 4.90 Å². The third kappa shape index (κ3) is 3.53. The number of rotatable bonds is 5. The first-order valence-electron chi connectivity index (χ1n) is 8.56. The Balaban J connectivity index is 1.70. The molecule has 0 atom stereocenters. The third-order valence-electron chi connectivity index (χ3n) is 4.47. The summed E-state index contributed by atoms with van der Waals surface area (Å²) in [7, 11) is 0. The number of aromatic nitrogens is 1. The monoisotopic (exact) mass is 324 g/mol. The van der Waals surface area contributed by atoms with E-state index in [1.165, 1.54) is 21.9 Å². The summed E-state index contributed by atoms with van der Waals surface area (Å²) in [5, 5.41) is 2.60. The molecule has 3 aromatic carbocycles. The first kappa shape index (κ1) is 15.4. The maximum Gasteiger partial charge on any atom is 0.0558 e. The van der Waals surface area contributed by atoms with Crippen molar-refractivity contribution in [1.29, 1.82) is 0 Å². The minimum absolute atomic E-state index is 0.849. The fraction of sp³-hybridized carbons (Fsp3) is 0.0870. The summed E-state index contributed by atoms with van der Waals surface area (Å²) in [5.74, 6) is 0. The van der Waals surface area contributed by atoms with Gasteiger partial charge < -0.3 is 4.90 Å². The Morgan fingerprint density at radius 1 is 0.680 bits per heavy atom. The molecule has 1 heterocycles. The van der Waals surface area contributed by atoms with Crippen LogP contribution in [-0.2, 0) is 13.1 Å². The van der Waals surface area contributed by atoms with E-state index >= 15 is 0 Å². The van der Waals surface area contributed by atoms with Crippen molar-refractivity contribution in [2.45, 2.75) is 13.1 Å². The van der Waals surface area contributed by atoms with Crippen molar-refractivity contribution in [3.63, 3.8) is 0 Å². The molecular formula is C23H20N2. The van der Waals surface area contributed by atoms with Gasteiger partial charge in [-0.05, 0) is 34.0 Å². The summed E-state index contributed by atoms with van der Waals surface area (Å²) in [6, 6.07) is 29.8.